The van der Waals surface area contributed by atoms with E-state index in [-0.39, 0.29) is 23.1 Å². The minimum absolute atomic E-state index is 0.0409. The van der Waals surface area contributed by atoms with E-state index in [0.717, 1.165) is 6.08 Å². The Balaban J connectivity index is 1.89. The van der Waals surface area contributed by atoms with Crippen molar-refractivity contribution in [1.82, 2.24) is 0 Å². The molecule has 2 N–H and O–H groups in total. The maximum absolute atomic E-state index is 12.8. The molecular weight excluding hydrogens is 400 g/mol. The molecule has 152 valence electrons. The Morgan fingerprint density at radius 3 is 2.72 bits per heavy atom. The van der Waals surface area contributed by atoms with Gasteiger partial charge < -0.3 is 19.5 Å². The summed E-state index contributed by atoms with van der Waals surface area (Å²) in [4.78, 5) is 22.7. The van der Waals surface area contributed by atoms with Crippen LogP contribution in [-0.2, 0) is 24.3 Å². The molecule has 2 aromatic carbocycles. The molecule has 1 aliphatic heterocycles. The van der Waals surface area contributed by atoms with Crippen molar-refractivity contribution in [2.75, 3.05) is 30.9 Å². The summed E-state index contributed by atoms with van der Waals surface area (Å²) in [5, 5.41) is 2.61. The fourth-order valence-electron chi connectivity index (χ4n) is 2.60. The first kappa shape index (κ1) is 20.2. The first-order valence-corrected chi connectivity index (χ1v) is 9.84. The Morgan fingerprint density at radius 1 is 1.21 bits per heavy atom. The Bertz CT molecular complexity index is 1090. The van der Waals surface area contributed by atoms with Crippen molar-refractivity contribution >= 4 is 39.4 Å². The molecule has 29 heavy (non-hydrogen) atoms. The zero-order valence-corrected chi connectivity index (χ0v) is 16.4. The van der Waals surface area contributed by atoms with Crippen LogP contribution in [0.15, 0.2) is 47.4 Å². The lowest BCUT2D eigenvalue weighted by atomic mass is 10.2. The van der Waals surface area contributed by atoms with Crippen molar-refractivity contribution in [1.29, 1.82) is 0 Å². The molecule has 0 saturated heterocycles. The van der Waals surface area contributed by atoms with Crippen LogP contribution in [0.5, 0.6) is 11.5 Å². The lowest BCUT2D eigenvalue weighted by molar-refractivity contribution is -0.134. The largest absolute Gasteiger partial charge is 0.496 e. The quantitative estimate of drug-likeness (QED) is 0.544. The Labute approximate surface area is 167 Å². The summed E-state index contributed by atoms with van der Waals surface area (Å²) in [6.07, 6.45) is 2.56. The summed E-state index contributed by atoms with van der Waals surface area (Å²) in [6, 6.07) is 8.77. The van der Waals surface area contributed by atoms with E-state index in [1.807, 2.05) is 0 Å². The molecule has 0 atom stereocenters. The molecule has 0 fully saturated rings. The van der Waals surface area contributed by atoms with E-state index in [9.17, 15) is 18.0 Å². The highest BCUT2D eigenvalue weighted by atomic mass is 32.2. The summed E-state index contributed by atoms with van der Waals surface area (Å²) in [6.45, 7) is -0.0915. The number of anilines is 2. The normalized spacial score (nSPS) is 13.2. The fourth-order valence-corrected chi connectivity index (χ4v) is 3.68. The highest BCUT2D eigenvalue weighted by Gasteiger charge is 2.20. The number of amides is 1. The number of ether oxygens (including phenoxy) is 3. The second kappa shape index (κ2) is 8.23. The van der Waals surface area contributed by atoms with Crippen molar-refractivity contribution in [2.24, 2.45) is 0 Å². The number of hydrogen-bond donors (Lipinski definition) is 2. The predicted octanol–water partition coefficient (Wildman–Crippen LogP) is 2.01. The van der Waals surface area contributed by atoms with Gasteiger partial charge in [-0.05, 0) is 42.5 Å². The van der Waals surface area contributed by atoms with Crippen LogP contribution in [0.25, 0.3) is 6.08 Å². The lowest BCUT2D eigenvalue weighted by Crippen LogP contribution is -2.25. The number of carbonyl (C=O) groups excluding carboxylic acids is 2. The molecule has 1 amide bonds. The average molecular weight is 418 g/mol. The highest BCUT2D eigenvalue weighted by Crippen LogP contribution is 2.32. The van der Waals surface area contributed by atoms with Crippen LogP contribution in [0.3, 0.4) is 0 Å². The number of carbonyl (C=O) groups is 2. The van der Waals surface area contributed by atoms with E-state index in [0.29, 0.717) is 22.7 Å². The number of rotatable bonds is 6. The summed E-state index contributed by atoms with van der Waals surface area (Å²) in [5.41, 5.74) is 1.00. The Morgan fingerprint density at radius 2 is 2.00 bits per heavy atom. The van der Waals surface area contributed by atoms with Crippen LogP contribution in [0.2, 0.25) is 0 Å². The zero-order chi connectivity index (χ0) is 21.0. The van der Waals surface area contributed by atoms with E-state index in [1.165, 1.54) is 50.6 Å². The van der Waals surface area contributed by atoms with Crippen LogP contribution in [0.1, 0.15) is 5.56 Å². The van der Waals surface area contributed by atoms with Gasteiger partial charge in [-0.25, -0.2) is 13.2 Å². The maximum atomic E-state index is 12.8. The molecule has 1 aliphatic rings. The first-order valence-electron chi connectivity index (χ1n) is 8.36. The lowest BCUT2D eigenvalue weighted by Gasteiger charge is -2.19. The third-order valence-corrected chi connectivity index (χ3v) is 5.36. The van der Waals surface area contributed by atoms with E-state index >= 15 is 0 Å². The molecule has 0 saturated carbocycles. The molecule has 0 aliphatic carbocycles. The van der Waals surface area contributed by atoms with Gasteiger partial charge >= 0.3 is 5.97 Å². The van der Waals surface area contributed by atoms with Crippen LogP contribution in [0.4, 0.5) is 11.4 Å². The topological polar surface area (TPSA) is 120 Å². The van der Waals surface area contributed by atoms with Crippen LogP contribution in [0, 0.1) is 0 Å². The third-order valence-electron chi connectivity index (χ3n) is 3.98. The number of hydrogen-bond acceptors (Lipinski definition) is 7. The number of esters is 1. The zero-order valence-electron chi connectivity index (χ0n) is 15.6. The standard InChI is InChI=1S/C19H18N2O7S/c1-26-16-7-5-14(9-12(16)3-8-19(23)27-2)29(24,25)21-13-4-6-17-15(10-13)20-18(22)11-28-17/h3-10,21H,11H2,1-2H3,(H,20,22)/b8-3+. The van der Waals surface area contributed by atoms with Crippen LogP contribution >= 0.6 is 0 Å². The number of sulfonamides is 1. The van der Waals surface area contributed by atoms with Gasteiger partial charge in [0.15, 0.2) is 6.61 Å². The van der Waals surface area contributed by atoms with Crippen molar-refractivity contribution < 1.29 is 32.2 Å². The molecule has 0 spiro atoms. The monoisotopic (exact) mass is 418 g/mol. The van der Waals surface area contributed by atoms with Gasteiger partial charge in [-0.1, -0.05) is 0 Å². The molecule has 0 aromatic heterocycles. The molecule has 10 heteroatoms. The van der Waals surface area contributed by atoms with Gasteiger partial charge in [0, 0.05) is 11.6 Å². The summed E-state index contributed by atoms with van der Waals surface area (Å²) in [7, 11) is -1.29. The maximum Gasteiger partial charge on any atom is 0.330 e. The van der Waals surface area contributed by atoms with E-state index in [2.05, 4.69) is 14.8 Å². The molecule has 3 rings (SSSR count). The summed E-state index contributed by atoms with van der Waals surface area (Å²) in [5.74, 6) is -0.0727. The molecular formula is C19H18N2O7S. The molecule has 0 radical (unpaired) electrons. The number of fused-ring (bicyclic) bond motifs is 1. The van der Waals surface area contributed by atoms with Crippen molar-refractivity contribution in [3.63, 3.8) is 0 Å². The average Bonchev–Trinajstić information content (AvgIpc) is 2.71. The van der Waals surface area contributed by atoms with Crippen molar-refractivity contribution in [2.45, 2.75) is 4.90 Å². The highest BCUT2D eigenvalue weighted by molar-refractivity contribution is 7.92. The van der Waals surface area contributed by atoms with Crippen LogP contribution in [-0.4, -0.2) is 41.1 Å². The second-order valence-corrected chi connectivity index (χ2v) is 7.60. The van der Waals surface area contributed by atoms with E-state index < -0.39 is 16.0 Å². The van der Waals surface area contributed by atoms with E-state index in [4.69, 9.17) is 9.47 Å². The third kappa shape index (κ3) is 4.66. The minimum atomic E-state index is -3.95. The van der Waals surface area contributed by atoms with Gasteiger partial charge in [-0.3, -0.25) is 9.52 Å². The molecule has 0 unspecified atom stereocenters. The second-order valence-electron chi connectivity index (χ2n) is 5.91. The number of benzene rings is 2. The predicted molar refractivity (Wildman–Crippen MR) is 105 cm³/mol. The van der Waals surface area contributed by atoms with Gasteiger partial charge in [0.1, 0.15) is 11.5 Å². The van der Waals surface area contributed by atoms with Gasteiger partial charge in [-0.15, -0.1) is 0 Å². The molecule has 2 aromatic rings. The SMILES string of the molecule is COC(=O)/C=C/c1cc(S(=O)(=O)Nc2ccc3c(c2)NC(=O)CO3)ccc1OC. The van der Waals surface area contributed by atoms with Gasteiger partial charge in [-0.2, -0.15) is 0 Å². The minimum Gasteiger partial charge on any atom is -0.496 e. The Hall–Kier alpha value is -3.53. The smallest absolute Gasteiger partial charge is 0.330 e. The first-order chi connectivity index (χ1) is 13.8. The fraction of sp³-hybridized carbons (Fsp3) is 0.158. The van der Waals surface area contributed by atoms with Gasteiger partial charge in [0.05, 0.1) is 30.5 Å². The molecule has 1 heterocycles. The van der Waals surface area contributed by atoms with E-state index in [1.54, 1.807) is 6.07 Å². The summed E-state index contributed by atoms with van der Waals surface area (Å²) >= 11 is 0. The number of methoxy groups -OCH3 is 2. The van der Waals surface area contributed by atoms with Crippen molar-refractivity contribution in [3.05, 3.63) is 48.0 Å². The van der Waals surface area contributed by atoms with Gasteiger partial charge in [0.25, 0.3) is 15.9 Å². The molecule has 0 bridgehead atoms. The molecule has 9 nitrogen and oxygen atoms in total. The van der Waals surface area contributed by atoms with Crippen LogP contribution < -0.4 is 19.5 Å². The number of nitrogens with one attached hydrogen (secondary N) is 2. The summed E-state index contributed by atoms with van der Waals surface area (Å²) < 4.78 is 43.0. The van der Waals surface area contributed by atoms with Crippen molar-refractivity contribution in [3.8, 4) is 11.5 Å². The Kier molecular flexibility index (Phi) is 5.74. The van der Waals surface area contributed by atoms with Gasteiger partial charge in [0.2, 0.25) is 0 Å².